The second kappa shape index (κ2) is 9.17. The summed E-state index contributed by atoms with van der Waals surface area (Å²) < 4.78 is 24.3. The minimum Gasteiger partial charge on any atom is -0.493 e. The highest BCUT2D eigenvalue weighted by atomic mass is 16.5. The fourth-order valence-electron chi connectivity index (χ4n) is 4.18. The van der Waals surface area contributed by atoms with E-state index in [1.807, 2.05) is 42.5 Å². The Kier molecular flexibility index (Phi) is 6.13. The Morgan fingerprint density at radius 3 is 2.30 bits per heavy atom. The zero-order valence-corrected chi connectivity index (χ0v) is 19.1. The van der Waals surface area contributed by atoms with Gasteiger partial charge in [-0.1, -0.05) is 31.5 Å². The van der Waals surface area contributed by atoms with Crippen LogP contribution in [0.3, 0.4) is 0 Å². The van der Waals surface area contributed by atoms with Crippen LogP contribution in [0, 0.1) is 11.3 Å². The molecule has 3 aromatic rings. The van der Waals surface area contributed by atoms with E-state index < -0.39 is 5.92 Å². The lowest BCUT2D eigenvalue weighted by Crippen LogP contribution is -2.22. The van der Waals surface area contributed by atoms with Crippen molar-refractivity contribution in [2.75, 3.05) is 21.3 Å². The van der Waals surface area contributed by atoms with Crippen molar-refractivity contribution in [3.8, 4) is 34.9 Å². The summed E-state index contributed by atoms with van der Waals surface area (Å²) in [6.07, 6.45) is 1.59. The van der Waals surface area contributed by atoms with Gasteiger partial charge in [0, 0.05) is 0 Å². The van der Waals surface area contributed by atoms with E-state index in [0.717, 1.165) is 28.9 Å². The first-order chi connectivity index (χ1) is 16.1. The monoisotopic (exact) mass is 446 g/mol. The van der Waals surface area contributed by atoms with Gasteiger partial charge in [0.05, 0.1) is 44.2 Å². The van der Waals surface area contributed by atoms with Crippen LogP contribution >= 0.6 is 0 Å². The third-order valence-electron chi connectivity index (χ3n) is 5.63. The fourth-order valence-corrected chi connectivity index (χ4v) is 4.18. The largest absolute Gasteiger partial charge is 0.493 e. The summed E-state index contributed by atoms with van der Waals surface area (Å²) >= 11 is 0. The van der Waals surface area contributed by atoms with Gasteiger partial charge in [-0.3, -0.25) is 0 Å². The van der Waals surface area contributed by atoms with Gasteiger partial charge in [-0.05, 0) is 36.2 Å². The molecular weight excluding hydrogens is 420 g/mol. The lowest BCUT2D eigenvalue weighted by molar-refractivity contribution is 0.323. The number of fused-ring (bicyclic) bond motifs is 1. The average molecular weight is 447 g/mol. The van der Waals surface area contributed by atoms with Crippen molar-refractivity contribution in [1.29, 1.82) is 5.26 Å². The molecule has 0 bridgehead atoms. The van der Waals surface area contributed by atoms with Crippen LogP contribution < -0.4 is 24.7 Å². The summed E-state index contributed by atoms with van der Waals surface area (Å²) in [4.78, 5) is 0. The summed E-state index contributed by atoms with van der Waals surface area (Å²) in [7, 11) is 4.66. The van der Waals surface area contributed by atoms with E-state index in [1.165, 1.54) is 0 Å². The Bertz CT molecular complexity index is 1220. The van der Waals surface area contributed by atoms with Gasteiger partial charge in [0.2, 0.25) is 17.5 Å². The number of aromatic nitrogens is 2. The summed E-state index contributed by atoms with van der Waals surface area (Å²) in [5.74, 6) is 1.49. The number of para-hydroxylation sites is 1. The maximum Gasteiger partial charge on any atom is 0.229 e. The standard InChI is InChI=1S/C25H26N4O4/c1-5-9-18-22-21(15-12-19(30-2)23(32-4)20(13-15)31-3)17(14-26)24(27)33-25(22)29(28-18)16-10-7-6-8-11-16/h6-8,10-13,21H,5,9,27H2,1-4H3/t21-/m1/s1. The molecule has 0 aliphatic carbocycles. The van der Waals surface area contributed by atoms with Crippen molar-refractivity contribution in [3.05, 3.63) is 70.7 Å². The number of benzene rings is 2. The predicted molar refractivity (Wildman–Crippen MR) is 123 cm³/mol. The highest BCUT2D eigenvalue weighted by Crippen LogP contribution is 2.48. The van der Waals surface area contributed by atoms with E-state index in [1.54, 1.807) is 26.0 Å². The number of rotatable bonds is 7. The second-order valence-corrected chi connectivity index (χ2v) is 7.55. The molecule has 8 heteroatoms. The number of allylic oxidation sites excluding steroid dienone is 1. The van der Waals surface area contributed by atoms with Crippen LogP contribution in [0.5, 0.6) is 23.1 Å². The number of hydrogen-bond acceptors (Lipinski definition) is 7. The van der Waals surface area contributed by atoms with E-state index in [2.05, 4.69) is 13.0 Å². The fraction of sp³-hybridized carbons (Fsp3) is 0.280. The lowest BCUT2D eigenvalue weighted by Gasteiger charge is -2.26. The van der Waals surface area contributed by atoms with Gasteiger partial charge in [-0.25, -0.2) is 4.68 Å². The van der Waals surface area contributed by atoms with Crippen LogP contribution in [0.1, 0.15) is 36.1 Å². The smallest absolute Gasteiger partial charge is 0.229 e. The summed E-state index contributed by atoms with van der Waals surface area (Å²) in [6.45, 7) is 2.08. The van der Waals surface area contributed by atoms with Crippen molar-refractivity contribution < 1.29 is 18.9 Å². The van der Waals surface area contributed by atoms with Crippen LogP contribution in [0.2, 0.25) is 0 Å². The zero-order chi connectivity index (χ0) is 23.5. The number of hydrogen-bond donors (Lipinski definition) is 1. The average Bonchev–Trinajstić information content (AvgIpc) is 3.20. The zero-order valence-electron chi connectivity index (χ0n) is 19.1. The second-order valence-electron chi connectivity index (χ2n) is 7.55. The van der Waals surface area contributed by atoms with Crippen LogP contribution in [-0.4, -0.2) is 31.1 Å². The Balaban J connectivity index is 2.01. The molecular formula is C25H26N4O4. The van der Waals surface area contributed by atoms with Crippen LogP contribution in [-0.2, 0) is 6.42 Å². The van der Waals surface area contributed by atoms with Crippen molar-refractivity contribution >= 4 is 0 Å². The van der Waals surface area contributed by atoms with E-state index in [4.69, 9.17) is 29.8 Å². The quantitative estimate of drug-likeness (QED) is 0.583. The van der Waals surface area contributed by atoms with Gasteiger partial charge in [0.25, 0.3) is 0 Å². The maximum atomic E-state index is 10.0. The molecule has 0 unspecified atom stereocenters. The van der Waals surface area contributed by atoms with Gasteiger partial charge < -0.3 is 24.7 Å². The molecule has 0 radical (unpaired) electrons. The highest BCUT2D eigenvalue weighted by molar-refractivity contribution is 5.62. The van der Waals surface area contributed by atoms with Gasteiger partial charge in [-0.2, -0.15) is 10.4 Å². The molecule has 170 valence electrons. The molecule has 4 rings (SSSR count). The third kappa shape index (κ3) is 3.72. The van der Waals surface area contributed by atoms with Crippen molar-refractivity contribution in [3.63, 3.8) is 0 Å². The van der Waals surface area contributed by atoms with E-state index >= 15 is 0 Å². The molecule has 33 heavy (non-hydrogen) atoms. The van der Waals surface area contributed by atoms with Gasteiger partial charge >= 0.3 is 0 Å². The number of nitriles is 1. The first kappa shape index (κ1) is 22.1. The number of nitrogens with zero attached hydrogens (tertiary/aromatic N) is 3. The predicted octanol–water partition coefficient (Wildman–Crippen LogP) is 4.07. The van der Waals surface area contributed by atoms with E-state index in [0.29, 0.717) is 35.1 Å². The molecule has 1 atom stereocenters. The Morgan fingerprint density at radius 1 is 1.09 bits per heavy atom. The molecule has 1 aromatic heterocycles. The van der Waals surface area contributed by atoms with Crippen LogP contribution in [0.4, 0.5) is 0 Å². The summed E-state index contributed by atoms with van der Waals surface area (Å²) in [5.41, 5.74) is 9.83. The summed E-state index contributed by atoms with van der Waals surface area (Å²) in [6, 6.07) is 15.6. The molecule has 0 amide bonds. The molecule has 0 fully saturated rings. The van der Waals surface area contributed by atoms with Crippen molar-refractivity contribution in [1.82, 2.24) is 9.78 Å². The summed E-state index contributed by atoms with van der Waals surface area (Å²) in [5, 5.41) is 14.9. The van der Waals surface area contributed by atoms with Gasteiger partial charge in [0.1, 0.15) is 11.6 Å². The minimum absolute atomic E-state index is 0.0453. The molecule has 2 N–H and O–H groups in total. The molecule has 0 spiro atoms. The Labute approximate surface area is 192 Å². The first-order valence-corrected chi connectivity index (χ1v) is 10.6. The first-order valence-electron chi connectivity index (χ1n) is 10.6. The van der Waals surface area contributed by atoms with Crippen molar-refractivity contribution in [2.24, 2.45) is 5.73 Å². The van der Waals surface area contributed by atoms with Crippen molar-refractivity contribution in [2.45, 2.75) is 25.7 Å². The normalized spacial score (nSPS) is 14.8. The Morgan fingerprint density at radius 2 is 1.76 bits per heavy atom. The minimum atomic E-state index is -0.508. The molecule has 1 aliphatic rings. The molecule has 1 aliphatic heterocycles. The van der Waals surface area contributed by atoms with Gasteiger partial charge in [0.15, 0.2) is 11.5 Å². The highest BCUT2D eigenvalue weighted by Gasteiger charge is 2.37. The van der Waals surface area contributed by atoms with Crippen LogP contribution in [0.25, 0.3) is 5.69 Å². The van der Waals surface area contributed by atoms with E-state index in [-0.39, 0.29) is 5.88 Å². The molecule has 0 saturated heterocycles. The number of nitrogens with two attached hydrogens (primary N) is 1. The lowest BCUT2D eigenvalue weighted by atomic mass is 9.83. The number of methoxy groups -OCH3 is 3. The number of aryl methyl sites for hydroxylation is 1. The molecule has 2 heterocycles. The SMILES string of the molecule is CCCc1nn(-c2ccccc2)c2c1[C@H](c1cc(OC)c(OC)c(OC)c1)C(C#N)=C(N)O2. The topological polar surface area (TPSA) is 105 Å². The Hall–Kier alpha value is -4.12. The van der Waals surface area contributed by atoms with Crippen LogP contribution in [0.15, 0.2) is 53.9 Å². The number of ether oxygens (including phenoxy) is 4. The molecule has 2 aromatic carbocycles. The van der Waals surface area contributed by atoms with E-state index in [9.17, 15) is 5.26 Å². The maximum absolute atomic E-state index is 10.0. The van der Waals surface area contributed by atoms with Gasteiger partial charge in [-0.15, -0.1) is 0 Å². The molecule has 0 saturated carbocycles. The molecule has 8 nitrogen and oxygen atoms in total. The third-order valence-corrected chi connectivity index (χ3v) is 5.63.